The van der Waals surface area contributed by atoms with Gasteiger partial charge in [0.25, 0.3) is 5.56 Å². The van der Waals surface area contributed by atoms with E-state index in [4.69, 9.17) is 14.2 Å². The minimum absolute atomic E-state index is 0.0213. The van der Waals surface area contributed by atoms with E-state index in [0.717, 1.165) is 6.08 Å². The second kappa shape index (κ2) is 12.0. The van der Waals surface area contributed by atoms with Gasteiger partial charge in [0.1, 0.15) is 11.5 Å². The van der Waals surface area contributed by atoms with Gasteiger partial charge in [-0.3, -0.25) is 4.79 Å². The lowest BCUT2D eigenvalue weighted by Gasteiger charge is -2.38. The molecule has 33 heavy (non-hydrogen) atoms. The van der Waals surface area contributed by atoms with Crippen molar-refractivity contribution in [2.75, 3.05) is 39.5 Å². The lowest BCUT2D eigenvalue weighted by molar-refractivity contribution is -0.142. The lowest BCUT2D eigenvalue weighted by atomic mass is 9.88. The Morgan fingerprint density at radius 3 is 2.39 bits per heavy atom. The molecule has 2 rings (SSSR count). The molecule has 0 spiro atoms. The highest BCUT2D eigenvalue weighted by Gasteiger charge is 2.34. The summed E-state index contributed by atoms with van der Waals surface area (Å²) in [7, 11) is 0. The Hall–Kier alpha value is -3.41. The van der Waals surface area contributed by atoms with E-state index in [9.17, 15) is 29.4 Å². The number of aromatic nitrogens is 2. The summed E-state index contributed by atoms with van der Waals surface area (Å²) in [6.45, 7) is 5.13. The van der Waals surface area contributed by atoms with Gasteiger partial charge in [0.15, 0.2) is 5.69 Å². The number of carbonyl (C=O) groups excluding carboxylic acids is 3. The van der Waals surface area contributed by atoms with Crippen LogP contribution in [-0.2, 0) is 23.8 Å². The SMILES string of the molecule is CCOC(=O)C=C(C(=O)OCC)N1CC(c2nc(C(=O)OCC)c(O)c(=O)[nH]2)C[C@@H](CO)C1. The van der Waals surface area contributed by atoms with E-state index in [1.165, 1.54) is 0 Å². The molecule has 1 unspecified atom stereocenters. The van der Waals surface area contributed by atoms with Crippen molar-refractivity contribution in [3.8, 4) is 5.75 Å². The third-order valence-electron chi connectivity index (χ3n) is 4.93. The van der Waals surface area contributed by atoms with Crippen LogP contribution >= 0.6 is 0 Å². The van der Waals surface area contributed by atoms with Crippen LogP contribution in [-0.4, -0.2) is 82.5 Å². The number of nitrogens with zero attached hydrogens (tertiary/aromatic N) is 2. The Labute approximate surface area is 190 Å². The van der Waals surface area contributed by atoms with Crippen molar-refractivity contribution in [1.29, 1.82) is 0 Å². The highest BCUT2D eigenvalue weighted by Crippen LogP contribution is 2.31. The van der Waals surface area contributed by atoms with E-state index in [2.05, 4.69) is 9.97 Å². The van der Waals surface area contributed by atoms with Gasteiger partial charge in [-0.1, -0.05) is 0 Å². The Bertz CT molecular complexity index is 957. The summed E-state index contributed by atoms with van der Waals surface area (Å²) in [6.07, 6.45) is 1.38. The van der Waals surface area contributed by atoms with Crippen LogP contribution in [0.5, 0.6) is 5.75 Å². The smallest absolute Gasteiger partial charge is 0.361 e. The molecule has 1 fully saturated rings. The fourth-order valence-corrected chi connectivity index (χ4v) is 3.53. The average molecular weight is 467 g/mol. The number of H-pyrrole nitrogens is 1. The monoisotopic (exact) mass is 467 g/mol. The highest BCUT2D eigenvalue weighted by molar-refractivity contribution is 5.96. The topological polar surface area (TPSA) is 168 Å². The third-order valence-corrected chi connectivity index (χ3v) is 4.93. The molecular formula is C21H29N3O9. The second-order valence-corrected chi connectivity index (χ2v) is 7.26. The third kappa shape index (κ3) is 6.54. The van der Waals surface area contributed by atoms with E-state index >= 15 is 0 Å². The first kappa shape index (κ1) is 25.8. The second-order valence-electron chi connectivity index (χ2n) is 7.26. The predicted octanol–water partition coefficient (Wildman–Crippen LogP) is 0.0601. The van der Waals surface area contributed by atoms with E-state index < -0.39 is 40.8 Å². The van der Waals surface area contributed by atoms with Gasteiger partial charge in [-0.25, -0.2) is 19.4 Å². The first-order valence-corrected chi connectivity index (χ1v) is 10.7. The van der Waals surface area contributed by atoms with Crippen molar-refractivity contribution in [2.45, 2.75) is 33.1 Å². The number of aliphatic hydroxyl groups is 1. The fraction of sp³-hybridized carbons (Fsp3) is 0.571. The quantitative estimate of drug-likeness (QED) is 0.255. The summed E-state index contributed by atoms with van der Waals surface area (Å²) >= 11 is 0. The molecule has 1 aromatic rings. The number of ether oxygens (including phenoxy) is 3. The zero-order valence-corrected chi connectivity index (χ0v) is 18.8. The molecular weight excluding hydrogens is 438 g/mol. The Balaban J connectivity index is 2.46. The zero-order valence-electron chi connectivity index (χ0n) is 18.8. The minimum Gasteiger partial charge on any atom is -0.501 e. The molecule has 2 heterocycles. The van der Waals surface area contributed by atoms with E-state index in [1.54, 1.807) is 25.7 Å². The number of likely N-dealkylation sites (tertiary alicyclic amines) is 1. The molecule has 0 saturated carbocycles. The van der Waals surface area contributed by atoms with Crippen molar-refractivity contribution < 1.29 is 38.8 Å². The largest absolute Gasteiger partial charge is 0.501 e. The maximum atomic E-state index is 12.6. The molecule has 0 amide bonds. The summed E-state index contributed by atoms with van der Waals surface area (Å²) in [5.74, 6) is -4.14. The van der Waals surface area contributed by atoms with Crippen LogP contribution < -0.4 is 5.56 Å². The van der Waals surface area contributed by atoms with Gasteiger partial charge < -0.3 is 34.3 Å². The van der Waals surface area contributed by atoms with Gasteiger partial charge in [-0.05, 0) is 27.2 Å². The fourth-order valence-electron chi connectivity index (χ4n) is 3.53. The normalized spacial score (nSPS) is 18.5. The van der Waals surface area contributed by atoms with Crippen LogP contribution in [0, 0.1) is 5.92 Å². The Morgan fingerprint density at radius 1 is 1.12 bits per heavy atom. The number of aromatic amines is 1. The van der Waals surface area contributed by atoms with Crippen molar-refractivity contribution in [3.63, 3.8) is 0 Å². The van der Waals surface area contributed by atoms with Crippen LogP contribution in [0.3, 0.4) is 0 Å². The van der Waals surface area contributed by atoms with Crippen LogP contribution in [0.25, 0.3) is 0 Å². The Morgan fingerprint density at radius 2 is 1.79 bits per heavy atom. The van der Waals surface area contributed by atoms with Crippen LogP contribution in [0.4, 0.5) is 0 Å². The molecule has 1 aliphatic heterocycles. The average Bonchev–Trinajstić information content (AvgIpc) is 2.79. The van der Waals surface area contributed by atoms with Crippen molar-refractivity contribution in [2.24, 2.45) is 5.92 Å². The van der Waals surface area contributed by atoms with Crippen molar-refractivity contribution in [1.82, 2.24) is 14.9 Å². The number of hydrogen-bond acceptors (Lipinski definition) is 11. The number of esters is 3. The maximum Gasteiger partial charge on any atom is 0.361 e. The molecule has 0 aliphatic carbocycles. The zero-order chi connectivity index (χ0) is 24.5. The number of aliphatic hydroxyl groups excluding tert-OH is 1. The van der Waals surface area contributed by atoms with Gasteiger partial charge in [-0.15, -0.1) is 0 Å². The molecule has 0 bridgehead atoms. The minimum atomic E-state index is -0.955. The molecule has 1 aliphatic rings. The van der Waals surface area contributed by atoms with Gasteiger partial charge in [0, 0.05) is 31.5 Å². The van der Waals surface area contributed by atoms with Gasteiger partial charge >= 0.3 is 17.9 Å². The first-order valence-electron chi connectivity index (χ1n) is 10.7. The maximum absolute atomic E-state index is 12.6. The number of piperidine rings is 1. The summed E-state index contributed by atoms with van der Waals surface area (Å²) in [5, 5.41) is 19.8. The first-order chi connectivity index (χ1) is 15.7. The number of rotatable bonds is 9. The molecule has 12 heteroatoms. The van der Waals surface area contributed by atoms with Crippen LogP contribution in [0.1, 0.15) is 49.4 Å². The summed E-state index contributed by atoms with van der Waals surface area (Å²) < 4.78 is 14.8. The molecule has 3 N–H and O–H groups in total. The predicted molar refractivity (Wildman–Crippen MR) is 113 cm³/mol. The standard InChI is InChI=1S/C21H29N3O9/c1-4-31-15(26)8-14(20(29)32-5-2)24-9-12(11-25)7-13(10-24)18-22-16(21(30)33-6-3)17(27)19(28)23-18/h8,12-13,25,27H,4-7,9-11H2,1-3H3,(H,22,23,28)/t12-,13?/m1/s1. The molecule has 12 nitrogen and oxygen atoms in total. The van der Waals surface area contributed by atoms with Crippen LogP contribution in [0.15, 0.2) is 16.6 Å². The lowest BCUT2D eigenvalue weighted by Crippen LogP contribution is -2.43. The summed E-state index contributed by atoms with van der Waals surface area (Å²) in [4.78, 5) is 57.0. The molecule has 1 saturated heterocycles. The number of carbonyl (C=O) groups is 3. The van der Waals surface area contributed by atoms with Crippen LogP contribution in [0.2, 0.25) is 0 Å². The number of aromatic hydroxyl groups is 1. The molecule has 0 radical (unpaired) electrons. The summed E-state index contributed by atoms with van der Waals surface area (Å²) in [5.41, 5.74) is -1.51. The highest BCUT2D eigenvalue weighted by atomic mass is 16.5. The van der Waals surface area contributed by atoms with E-state index in [-0.39, 0.29) is 57.0 Å². The van der Waals surface area contributed by atoms with E-state index in [1.807, 2.05) is 0 Å². The molecule has 182 valence electrons. The van der Waals surface area contributed by atoms with Crippen molar-refractivity contribution >= 4 is 17.9 Å². The van der Waals surface area contributed by atoms with E-state index in [0.29, 0.717) is 6.42 Å². The van der Waals surface area contributed by atoms with Gasteiger partial charge in [0.2, 0.25) is 5.75 Å². The Kier molecular flexibility index (Phi) is 9.40. The summed E-state index contributed by atoms with van der Waals surface area (Å²) in [6, 6.07) is 0. The van der Waals surface area contributed by atoms with Gasteiger partial charge in [-0.2, -0.15) is 0 Å². The molecule has 1 aromatic heterocycles. The number of nitrogens with one attached hydrogen (secondary N) is 1. The molecule has 0 aromatic carbocycles. The van der Waals surface area contributed by atoms with Gasteiger partial charge in [0.05, 0.1) is 25.9 Å². The molecule has 2 atom stereocenters. The number of hydrogen-bond donors (Lipinski definition) is 3. The van der Waals surface area contributed by atoms with Crippen molar-refractivity contribution in [3.05, 3.63) is 33.6 Å².